The van der Waals surface area contributed by atoms with Gasteiger partial charge in [-0.3, -0.25) is 9.13 Å². The van der Waals surface area contributed by atoms with Crippen LogP contribution >= 0.6 is 26.8 Å². The molecule has 3 heterocycles. The molecule has 0 aromatic carbocycles. The molecule has 15 nitrogen and oxygen atoms in total. The Morgan fingerprint density at radius 2 is 1.89 bits per heavy atom. The number of anilines is 1. The Morgan fingerprint density at radius 1 is 1.19 bits per heavy atom. The van der Waals surface area contributed by atoms with Crippen LogP contribution in [0.25, 0.3) is 5.65 Å². The highest BCUT2D eigenvalue weighted by molar-refractivity contribution is 7.70. The van der Waals surface area contributed by atoms with Gasteiger partial charge in [-0.1, -0.05) is 0 Å². The fourth-order valence-corrected chi connectivity index (χ4v) is 7.12. The molecule has 1 unspecified atom stereocenters. The first-order valence-corrected chi connectivity index (χ1v) is 15.0. The molecule has 36 heavy (non-hydrogen) atoms. The van der Waals surface area contributed by atoms with Crippen LogP contribution in [0.5, 0.6) is 0 Å². The number of hydrogen-bond donors (Lipinski definition) is 6. The summed E-state index contributed by atoms with van der Waals surface area (Å²) in [5.41, 5.74) is 0.548. The van der Waals surface area contributed by atoms with Crippen LogP contribution in [0.15, 0.2) is 6.20 Å². The maximum Gasteiger partial charge on any atom is 0.340 e. The van der Waals surface area contributed by atoms with E-state index in [4.69, 9.17) is 35.4 Å². The Morgan fingerprint density at radius 3 is 2.53 bits per heavy atom. The van der Waals surface area contributed by atoms with Crippen molar-refractivity contribution in [3.8, 4) is 0 Å². The summed E-state index contributed by atoms with van der Waals surface area (Å²) in [5, 5.41) is 28.4. The first-order valence-electron chi connectivity index (χ1n) is 11.1. The monoisotopic (exact) mass is 571 g/mol. The highest BCUT2D eigenvalue weighted by Crippen LogP contribution is 2.55. The minimum absolute atomic E-state index is 0.0959. The lowest BCUT2D eigenvalue weighted by Gasteiger charge is -2.28. The zero-order valence-electron chi connectivity index (χ0n) is 19.1. The van der Waals surface area contributed by atoms with Gasteiger partial charge in [0, 0.05) is 13.2 Å². The van der Waals surface area contributed by atoms with Crippen LogP contribution in [0.3, 0.4) is 0 Å². The van der Waals surface area contributed by atoms with E-state index >= 15 is 0 Å². The van der Waals surface area contributed by atoms with Crippen molar-refractivity contribution >= 4 is 38.3 Å². The summed E-state index contributed by atoms with van der Waals surface area (Å²) in [5.74, 6) is -1.01. The molecule has 202 valence electrons. The third kappa shape index (κ3) is 6.43. The smallest absolute Gasteiger partial charge is 0.340 e. The molecule has 2 aromatic heterocycles. The van der Waals surface area contributed by atoms with Gasteiger partial charge in [0.05, 0.1) is 24.6 Å². The van der Waals surface area contributed by atoms with Crippen molar-refractivity contribution in [2.75, 3.05) is 24.9 Å². The molecule has 6 N–H and O–H groups in total. The zero-order chi connectivity index (χ0) is 26.3. The molecule has 0 spiro atoms. The summed E-state index contributed by atoms with van der Waals surface area (Å²) in [7, 11) is -7.81. The largest absolute Gasteiger partial charge is 0.387 e. The summed E-state index contributed by atoms with van der Waals surface area (Å²) >= 11 is 6.14. The van der Waals surface area contributed by atoms with Crippen LogP contribution in [0.1, 0.15) is 37.5 Å². The summed E-state index contributed by atoms with van der Waals surface area (Å²) < 4.78 is 40.1. The first-order chi connectivity index (χ1) is 16.9. The zero-order valence-corrected chi connectivity index (χ0v) is 21.7. The third-order valence-corrected chi connectivity index (χ3v) is 9.78. The van der Waals surface area contributed by atoms with Crippen molar-refractivity contribution in [3.63, 3.8) is 0 Å². The number of hydrogen-bond acceptors (Lipinski definition) is 11. The molecule has 0 radical (unpaired) electrons. The first kappa shape index (κ1) is 27.8. The Bertz CT molecular complexity index is 1170. The SMILES string of the molecule is CO[C@H]1CC[C@H](Nc2nc(Cl)nn3c([C@@H]4O[C@H](COP(=O)(O)CP(=O)(O)O)[C@@H](O)[C@H]4O)cnc23)CC1. The second-order valence-corrected chi connectivity index (χ2v) is 13.1. The molecular weight excluding hydrogens is 544 g/mol. The number of halogens is 1. The standard InChI is InChI=1S/C18H28ClN5O10P2/c1-32-10-4-2-9(3-5-10)21-16-17-20-6-11(24(17)23-18(19)22-16)15-14(26)13(25)12(34-15)7-33-36(30,31)8-35(27,28)29/h6,9-10,12-15,25-26H,2-5,7-8H2,1H3,(H,30,31)(H,21,22,23)(H2,27,28,29)/t9-,10-,12-,13-,14-,15+/m1/s1. The quantitative estimate of drug-likeness (QED) is 0.228. The molecule has 2 aliphatic rings. The number of nitrogens with zero attached hydrogens (tertiary/aromatic N) is 4. The minimum Gasteiger partial charge on any atom is -0.387 e. The van der Waals surface area contributed by atoms with E-state index in [0.29, 0.717) is 11.5 Å². The van der Waals surface area contributed by atoms with Gasteiger partial charge >= 0.3 is 15.2 Å². The summed E-state index contributed by atoms with van der Waals surface area (Å²) in [6, 6.07) is 0.116. The number of aliphatic hydroxyl groups is 2. The Hall–Kier alpha value is -1.22. The van der Waals surface area contributed by atoms with E-state index in [1.54, 1.807) is 7.11 Å². The predicted octanol–water partition coefficient (Wildman–Crippen LogP) is 0.646. The van der Waals surface area contributed by atoms with E-state index in [-0.39, 0.29) is 23.1 Å². The maximum atomic E-state index is 11.9. The van der Waals surface area contributed by atoms with Crippen molar-refractivity contribution in [1.82, 2.24) is 19.6 Å². The number of ether oxygens (including phenoxy) is 2. The lowest BCUT2D eigenvalue weighted by atomic mass is 9.93. The van der Waals surface area contributed by atoms with Crippen LogP contribution in [0, 0.1) is 0 Å². The summed E-state index contributed by atoms with van der Waals surface area (Å²) in [4.78, 5) is 36.1. The lowest BCUT2D eigenvalue weighted by Crippen LogP contribution is -2.33. The predicted molar refractivity (Wildman–Crippen MR) is 125 cm³/mol. The van der Waals surface area contributed by atoms with Gasteiger partial charge in [0.25, 0.3) is 0 Å². The second kappa shape index (κ2) is 10.9. The topological polar surface area (TPSA) is 218 Å². The van der Waals surface area contributed by atoms with E-state index in [1.807, 2.05) is 0 Å². The van der Waals surface area contributed by atoms with E-state index in [2.05, 4.69) is 20.4 Å². The number of rotatable bonds is 9. The van der Waals surface area contributed by atoms with Gasteiger partial charge in [0.1, 0.15) is 24.4 Å². The van der Waals surface area contributed by atoms with Gasteiger partial charge in [-0.25, -0.2) is 9.50 Å². The van der Waals surface area contributed by atoms with Crippen molar-refractivity contribution < 1.29 is 48.0 Å². The number of methoxy groups -OCH3 is 1. The molecular formula is C18H28ClN5O10P2. The molecule has 2 fully saturated rings. The van der Waals surface area contributed by atoms with Crippen LogP contribution in [-0.2, 0) is 23.1 Å². The molecule has 18 heteroatoms. The van der Waals surface area contributed by atoms with Crippen molar-refractivity contribution in [2.24, 2.45) is 0 Å². The molecule has 1 saturated heterocycles. The molecule has 2 aromatic rings. The van der Waals surface area contributed by atoms with Crippen LogP contribution < -0.4 is 5.32 Å². The normalized spacial score (nSPS) is 31.0. The third-order valence-electron chi connectivity index (χ3n) is 6.17. The van der Waals surface area contributed by atoms with Gasteiger partial charge < -0.3 is 44.2 Å². The fraction of sp³-hybridized carbons (Fsp3) is 0.722. The van der Waals surface area contributed by atoms with Gasteiger partial charge in [-0.15, -0.1) is 5.10 Å². The molecule has 1 saturated carbocycles. The van der Waals surface area contributed by atoms with E-state index < -0.39 is 52.1 Å². The molecule has 5 atom stereocenters. The number of fused-ring (bicyclic) bond motifs is 1. The summed E-state index contributed by atoms with van der Waals surface area (Å²) in [6.45, 7) is -0.702. The average Bonchev–Trinajstić information content (AvgIpc) is 3.32. The lowest BCUT2D eigenvalue weighted by molar-refractivity contribution is -0.0204. The number of aliphatic hydroxyl groups excluding tert-OH is 2. The highest BCUT2D eigenvalue weighted by atomic mass is 35.5. The van der Waals surface area contributed by atoms with Crippen LogP contribution in [-0.4, -0.2) is 94.6 Å². The molecule has 1 aliphatic carbocycles. The van der Waals surface area contributed by atoms with E-state index in [1.165, 1.54) is 10.7 Å². The minimum atomic E-state index is -4.82. The molecule has 0 bridgehead atoms. The van der Waals surface area contributed by atoms with Crippen molar-refractivity contribution in [2.45, 2.75) is 62.2 Å². The summed E-state index contributed by atoms with van der Waals surface area (Å²) in [6.07, 6.45) is -0.391. The van der Waals surface area contributed by atoms with E-state index in [0.717, 1.165) is 25.7 Å². The number of nitrogens with one attached hydrogen (secondary N) is 1. The molecule has 4 rings (SSSR count). The van der Waals surface area contributed by atoms with Crippen molar-refractivity contribution in [3.05, 3.63) is 17.2 Å². The Balaban J connectivity index is 1.50. The van der Waals surface area contributed by atoms with Crippen LogP contribution in [0.2, 0.25) is 5.28 Å². The van der Waals surface area contributed by atoms with Crippen LogP contribution in [0.4, 0.5) is 5.82 Å². The number of imidazole rings is 1. The van der Waals surface area contributed by atoms with Gasteiger partial charge in [0.2, 0.25) is 5.28 Å². The van der Waals surface area contributed by atoms with Gasteiger partial charge in [-0.2, -0.15) is 4.98 Å². The van der Waals surface area contributed by atoms with Crippen molar-refractivity contribution in [1.29, 1.82) is 0 Å². The number of aromatic nitrogens is 4. The maximum absolute atomic E-state index is 11.9. The van der Waals surface area contributed by atoms with E-state index in [9.17, 15) is 24.2 Å². The molecule has 0 amide bonds. The Labute approximate surface area is 210 Å². The second-order valence-electron chi connectivity index (χ2n) is 8.82. The van der Waals surface area contributed by atoms with Gasteiger partial charge in [0.15, 0.2) is 17.4 Å². The fourth-order valence-electron chi connectivity index (χ4n) is 4.39. The average molecular weight is 572 g/mol. The highest BCUT2D eigenvalue weighted by Gasteiger charge is 2.46. The Kier molecular flexibility index (Phi) is 8.40. The van der Waals surface area contributed by atoms with Gasteiger partial charge in [-0.05, 0) is 37.3 Å². The molecule has 1 aliphatic heterocycles.